The Bertz CT molecular complexity index is 7150. The van der Waals surface area contributed by atoms with Crippen LogP contribution in [0.4, 0.5) is 45.5 Å². The van der Waals surface area contributed by atoms with Crippen molar-refractivity contribution in [2.45, 2.75) is 236 Å². The zero-order valence-corrected chi connectivity index (χ0v) is 92.1. The van der Waals surface area contributed by atoms with Crippen molar-refractivity contribution in [3.05, 3.63) is 417 Å². The van der Waals surface area contributed by atoms with E-state index in [2.05, 4.69) is 589 Å². The molecule has 8 heteroatoms. The smallest absolute Gasteiger partial charge is 0.210 e. The number of rotatable bonds is 15. The van der Waals surface area contributed by atoms with Crippen LogP contribution in [0, 0.1) is 23.7 Å². The zero-order chi connectivity index (χ0) is 103. The first-order valence-corrected chi connectivity index (χ1v) is 52.2. The Labute approximate surface area is 854 Å². The highest BCUT2D eigenvalue weighted by atomic mass is 15.2. The lowest BCUT2D eigenvalue weighted by Gasteiger charge is -2.26. The van der Waals surface area contributed by atoms with Crippen molar-refractivity contribution < 1.29 is 18.3 Å². The maximum Gasteiger partial charge on any atom is 0.210 e. The highest BCUT2D eigenvalue weighted by Crippen LogP contribution is 2.54. The molecule has 19 rings (SSSR count). The molecule has 0 bridgehead atoms. The van der Waals surface area contributed by atoms with Crippen molar-refractivity contribution in [2.24, 2.45) is 23.7 Å². The number of anilines is 4. The van der Waals surface area contributed by atoms with Crippen molar-refractivity contribution in [3.8, 4) is 0 Å². The van der Waals surface area contributed by atoms with E-state index in [0.29, 0.717) is 17.8 Å². The molecule has 0 atom stereocenters. The molecule has 8 nitrogen and oxygen atoms in total. The van der Waals surface area contributed by atoms with Gasteiger partial charge in [0.2, 0.25) is 22.7 Å². The Morgan fingerprint density at radius 3 is 1.06 bits per heavy atom. The lowest BCUT2D eigenvalue weighted by atomic mass is 9.78. The van der Waals surface area contributed by atoms with Crippen LogP contribution < -0.4 is 19.6 Å². The minimum atomic E-state index is -0.0850. The van der Waals surface area contributed by atoms with Crippen molar-refractivity contribution >= 4 is 89.9 Å². The lowest BCUT2D eigenvalue weighted by Crippen LogP contribution is -2.27. The molecule has 10 aromatic rings. The van der Waals surface area contributed by atoms with Gasteiger partial charge in [0.1, 0.15) is 28.2 Å². The molecule has 9 aliphatic rings. The summed E-state index contributed by atoms with van der Waals surface area (Å²) in [5, 5.41) is 5.31. The lowest BCUT2D eigenvalue weighted by molar-refractivity contribution is -0.401. The van der Waals surface area contributed by atoms with Crippen molar-refractivity contribution in [1.29, 1.82) is 0 Å². The predicted octanol–water partition coefficient (Wildman–Crippen LogP) is 33.0. The van der Waals surface area contributed by atoms with Crippen molar-refractivity contribution in [3.63, 3.8) is 0 Å². The molecule has 142 heavy (non-hydrogen) atoms. The third-order valence-corrected chi connectivity index (χ3v) is 32.3. The third-order valence-electron chi connectivity index (χ3n) is 32.3. The van der Waals surface area contributed by atoms with E-state index in [1.807, 2.05) is 0 Å². The molecule has 0 amide bonds. The van der Waals surface area contributed by atoms with Gasteiger partial charge in [0, 0.05) is 166 Å². The van der Waals surface area contributed by atoms with Crippen LogP contribution in [0.15, 0.2) is 372 Å². The van der Waals surface area contributed by atoms with Gasteiger partial charge in [-0.05, 0) is 225 Å². The van der Waals surface area contributed by atoms with Gasteiger partial charge in [0.25, 0.3) is 0 Å². The molecule has 734 valence electrons. The number of likely N-dealkylation sites (N-methyl/N-ethyl adjacent to an activating group) is 4. The highest BCUT2D eigenvalue weighted by molar-refractivity contribution is 6.09. The maximum absolute atomic E-state index is 2.43. The number of para-hydroxylation sites is 6. The second-order valence-electron chi connectivity index (χ2n) is 46.4. The molecular weight excluding hydrogens is 1720 g/mol. The maximum atomic E-state index is 2.43. The number of fused-ring (bicyclic) bond motifs is 12. The largest absolute Gasteiger partial charge is 0.347 e. The first-order chi connectivity index (χ1) is 67.1. The molecule has 8 aliphatic heterocycles. The van der Waals surface area contributed by atoms with Crippen LogP contribution in [0.2, 0.25) is 0 Å². The summed E-state index contributed by atoms with van der Waals surface area (Å²) in [6.45, 7) is 57.7. The average Bonchev–Trinajstić information content (AvgIpc) is 1.57. The molecular formula is C134H162N8+4. The first kappa shape index (κ1) is 104. The summed E-state index contributed by atoms with van der Waals surface area (Å²) in [7, 11) is 17.5. The van der Waals surface area contributed by atoms with Gasteiger partial charge in [-0.1, -0.05) is 336 Å². The molecule has 0 fully saturated rings. The highest BCUT2D eigenvalue weighted by Gasteiger charge is 2.49. The second kappa shape index (κ2) is 40.6. The Kier molecular flexibility index (Phi) is 29.6. The number of benzene rings is 10. The van der Waals surface area contributed by atoms with Gasteiger partial charge in [-0.15, -0.1) is 0 Å². The molecule has 0 unspecified atom stereocenters. The topological polar surface area (TPSA) is 25.0 Å². The minimum absolute atomic E-state index is 0.00228. The fourth-order valence-electron chi connectivity index (χ4n) is 24.5. The summed E-state index contributed by atoms with van der Waals surface area (Å²) < 4.78 is 9.40. The molecule has 0 aromatic heterocycles. The minimum Gasteiger partial charge on any atom is -0.347 e. The van der Waals surface area contributed by atoms with Crippen LogP contribution in [0.25, 0.3) is 21.5 Å². The number of hydrogen-bond donors (Lipinski definition) is 0. The fourth-order valence-corrected chi connectivity index (χ4v) is 24.5. The van der Waals surface area contributed by atoms with E-state index in [0.717, 1.165) is 18.8 Å². The summed E-state index contributed by atoms with van der Waals surface area (Å²) in [6, 6.07) is 79.1. The summed E-state index contributed by atoms with van der Waals surface area (Å²) >= 11 is 0. The van der Waals surface area contributed by atoms with E-state index in [1.54, 1.807) is 0 Å². The first-order valence-electron chi connectivity index (χ1n) is 52.2. The van der Waals surface area contributed by atoms with Crippen LogP contribution in [-0.2, 0) is 43.3 Å². The number of nitrogens with zero attached hydrogens (tertiary/aromatic N) is 8. The summed E-state index contributed by atoms with van der Waals surface area (Å²) in [5.74, 6) is 2.18. The molecule has 8 heterocycles. The van der Waals surface area contributed by atoms with Gasteiger partial charge in [0.15, 0.2) is 22.8 Å². The quantitative estimate of drug-likeness (QED) is 0.0754. The van der Waals surface area contributed by atoms with E-state index in [4.69, 9.17) is 0 Å². The van der Waals surface area contributed by atoms with Crippen LogP contribution in [0.1, 0.15) is 237 Å². The van der Waals surface area contributed by atoms with Crippen LogP contribution in [0.3, 0.4) is 0 Å². The monoisotopic (exact) mass is 1880 g/mol. The third kappa shape index (κ3) is 19.2. The molecule has 0 saturated carbocycles. The number of allylic oxidation sites excluding steroid dienone is 26. The Hall–Kier alpha value is -12.8. The molecule has 0 saturated heterocycles. The average molecular weight is 1880 g/mol. The molecule has 0 N–H and O–H groups in total. The molecule has 0 radical (unpaired) electrons. The normalized spacial score (nSPS) is 20.4. The van der Waals surface area contributed by atoms with Crippen LogP contribution in [0.5, 0.6) is 0 Å². The second-order valence-corrected chi connectivity index (χ2v) is 46.4. The van der Waals surface area contributed by atoms with E-state index in [1.165, 1.54) is 191 Å². The fraction of sp³-hybridized carbons (Fsp3) is 0.358. The van der Waals surface area contributed by atoms with E-state index >= 15 is 0 Å². The summed E-state index contributed by atoms with van der Waals surface area (Å²) in [5.41, 5.74) is 39.5. The Balaban J connectivity index is 0.000000142. The number of hydrogen-bond acceptors (Lipinski definition) is 4. The van der Waals surface area contributed by atoms with Gasteiger partial charge < -0.3 is 19.6 Å². The SMILES string of the molecule is CC(C)C.CC(C)C(/C=C/C1=[N+](C)c2ccc3ccccc3c2C1(C)C)=C\C=C1/N(C)c2ccc3ccccc3c2C1(C)C.CC(C)C(/C=C/C1=[N+](C)c2ccccc2C1(C)C)=C\C=C1/N(C)c2ccccc2C1(C)C.CC(C)C1=C(/C=C/C2=[N+](C)c3ccccc3C2(C)C)CCC/C1=C\C=C1\N(C)c2ccccc2C1(C)C.CN1\C(=C/C=C/C=C/C2=[N+](C)c3ccccc3C2(C)C)C(C)(C)c2ccccc21. The van der Waals surface area contributed by atoms with Gasteiger partial charge in [-0.25, -0.2) is 0 Å². The molecule has 1 aliphatic carbocycles. The van der Waals surface area contributed by atoms with Gasteiger partial charge in [-0.2, -0.15) is 18.3 Å². The van der Waals surface area contributed by atoms with Crippen LogP contribution >= 0.6 is 0 Å². The van der Waals surface area contributed by atoms with E-state index in [-0.39, 0.29) is 43.3 Å². The standard InChI is InChI=1S/C38H41N2.C35H43N2.C30H37N2.C27H31N2.C4H10/c1-25(2)26(19-23-33-37(3,4)35-29-15-11-9-13-27(29)17-21-31(35)39(33)7)20-24-34-38(5,6)36-30-16-12-10-14-28(30)18-22-32(36)40(34)8;1-24(2)33-25(20-22-31-34(3,4)27-16-9-11-18-29(27)36(31)7)14-13-15-26(33)21-23-32-35(5,6)28-17-10-12-19-30(28)37(32)8;1-21(2)22(17-19-27-29(3,4)23-13-9-11-15-25(23)31(27)7)18-20-28-30(5,6)24-14-10-12-16-26(24)32(28)8;1-26(2)20-14-10-12-16-22(20)28(5)24(26)18-8-7-9-19-25-27(3,4)21-15-11-13-17-23(21)29(25)6;1-4(2)3/h9-25H,1-8H3;9-12,16-24H,13-15H2,1-8H3;9-21H,1-8H3;7-19H,1-6H3;4H,1-3H3/q4*+1;. The van der Waals surface area contributed by atoms with Crippen LogP contribution in [-0.4, -0.2) is 97.5 Å². The van der Waals surface area contributed by atoms with Crippen molar-refractivity contribution in [2.75, 3.05) is 76.0 Å². The van der Waals surface area contributed by atoms with Gasteiger partial charge >= 0.3 is 0 Å². The van der Waals surface area contributed by atoms with Crippen molar-refractivity contribution in [1.82, 2.24) is 0 Å². The molecule has 10 aromatic carbocycles. The Morgan fingerprint density at radius 1 is 0.289 bits per heavy atom. The molecule has 0 spiro atoms. The summed E-state index contributed by atoms with van der Waals surface area (Å²) in [6.07, 6.45) is 42.8. The van der Waals surface area contributed by atoms with E-state index < -0.39 is 0 Å². The zero-order valence-electron chi connectivity index (χ0n) is 92.1. The van der Waals surface area contributed by atoms with Gasteiger partial charge in [-0.3, -0.25) is 0 Å². The van der Waals surface area contributed by atoms with E-state index in [9.17, 15) is 0 Å². The van der Waals surface area contributed by atoms with Gasteiger partial charge in [0.05, 0.1) is 21.7 Å². The Morgan fingerprint density at radius 2 is 0.634 bits per heavy atom. The summed E-state index contributed by atoms with van der Waals surface area (Å²) in [4.78, 5) is 9.40. The predicted molar refractivity (Wildman–Crippen MR) is 616 cm³/mol.